The molecule has 21 heavy (non-hydrogen) atoms. The third-order valence-electron chi connectivity index (χ3n) is 3.96. The van der Waals surface area contributed by atoms with Crippen LogP contribution >= 0.6 is 0 Å². The molecular formula is C18H26NO2+. The number of fused-ring (bicyclic) bond motifs is 1. The smallest absolute Gasteiger partial charge is 0.306 e. The van der Waals surface area contributed by atoms with Crippen molar-refractivity contribution >= 4 is 10.9 Å². The zero-order chi connectivity index (χ0) is 15.1. The molecule has 1 atom stereocenters. The average molecular weight is 288 g/mol. The molecule has 0 aliphatic rings. The summed E-state index contributed by atoms with van der Waals surface area (Å²) in [6.45, 7) is 5.22. The summed E-state index contributed by atoms with van der Waals surface area (Å²) in [5.74, 6) is 1.46. The number of hydrogen-bond donors (Lipinski definition) is 0. The van der Waals surface area contributed by atoms with Crippen molar-refractivity contribution in [1.29, 1.82) is 0 Å². The van der Waals surface area contributed by atoms with E-state index in [4.69, 9.17) is 9.57 Å². The van der Waals surface area contributed by atoms with E-state index in [-0.39, 0.29) is 0 Å². The molecule has 2 rings (SSSR count). The highest BCUT2D eigenvalue weighted by atomic mass is 16.7. The highest BCUT2D eigenvalue weighted by Gasteiger charge is 2.17. The molecule has 1 unspecified atom stereocenters. The van der Waals surface area contributed by atoms with Crippen LogP contribution in [0.1, 0.15) is 39.5 Å². The molecule has 3 nitrogen and oxygen atoms in total. The van der Waals surface area contributed by atoms with Gasteiger partial charge in [0.15, 0.2) is 12.4 Å². The number of hydrogen-bond acceptors (Lipinski definition) is 2. The Labute approximate surface area is 127 Å². The second kappa shape index (κ2) is 7.87. The van der Waals surface area contributed by atoms with Crippen molar-refractivity contribution < 1.29 is 14.3 Å². The van der Waals surface area contributed by atoms with Crippen LogP contribution in [-0.2, 0) is 0 Å². The van der Waals surface area contributed by atoms with Crippen LogP contribution in [0, 0.1) is 5.92 Å². The van der Waals surface area contributed by atoms with Gasteiger partial charge in [-0.1, -0.05) is 32.8 Å². The minimum Gasteiger partial charge on any atom is -0.490 e. The van der Waals surface area contributed by atoms with E-state index >= 15 is 0 Å². The normalized spacial score (nSPS) is 12.3. The van der Waals surface area contributed by atoms with Crippen molar-refractivity contribution in [2.45, 2.75) is 39.5 Å². The first-order chi connectivity index (χ1) is 10.3. The zero-order valence-electron chi connectivity index (χ0n) is 13.3. The molecule has 3 heteroatoms. The molecule has 0 N–H and O–H groups in total. The van der Waals surface area contributed by atoms with Gasteiger partial charge in [0.05, 0.1) is 12.5 Å². The third kappa shape index (κ3) is 3.87. The molecule has 0 fully saturated rings. The van der Waals surface area contributed by atoms with Crippen molar-refractivity contribution in [2.24, 2.45) is 5.92 Å². The second-order valence-electron chi connectivity index (χ2n) is 5.44. The summed E-state index contributed by atoms with van der Waals surface area (Å²) in [6.07, 6.45) is 6.85. The van der Waals surface area contributed by atoms with Crippen LogP contribution < -0.4 is 14.3 Å². The van der Waals surface area contributed by atoms with Crippen molar-refractivity contribution in [3.63, 3.8) is 0 Å². The summed E-state index contributed by atoms with van der Waals surface area (Å²) in [4.78, 5) is 6.05. The van der Waals surface area contributed by atoms with Crippen LogP contribution in [0.15, 0.2) is 36.5 Å². The summed E-state index contributed by atoms with van der Waals surface area (Å²) in [6, 6.07) is 10.1. The molecular weight excluding hydrogens is 262 g/mol. The first-order valence-electron chi connectivity index (χ1n) is 7.90. The molecule has 0 aliphatic carbocycles. The van der Waals surface area contributed by atoms with E-state index in [0.717, 1.165) is 29.7 Å². The Kier molecular flexibility index (Phi) is 5.85. The van der Waals surface area contributed by atoms with Gasteiger partial charge in [0.25, 0.3) is 0 Å². The van der Waals surface area contributed by atoms with Crippen LogP contribution in [-0.4, -0.2) is 13.7 Å². The molecule has 114 valence electrons. The highest BCUT2D eigenvalue weighted by molar-refractivity contribution is 5.81. The number of pyridine rings is 1. The topological polar surface area (TPSA) is 22.3 Å². The number of methoxy groups -OCH3 is 1. The molecule has 0 spiro atoms. The third-order valence-corrected chi connectivity index (χ3v) is 3.96. The van der Waals surface area contributed by atoms with E-state index < -0.39 is 0 Å². The van der Waals surface area contributed by atoms with Gasteiger partial charge in [-0.25, -0.2) is 0 Å². The molecule has 1 aromatic carbocycles. The number of nitrogens with zero attached hydrogens (tertiary/aromatic N) is 1. The predicted octanol–water partition coefficient (Wildman–Crippen LogP) is 3.78. The minimum absolute atomic E-state index is 0.613. The number of ether oxygens (including phenoxy) is 1. The monoisotopic (exact) mass is 288 g/mol. The second-order valence-corrected chi connectivity index (χ2v) is 5.44. The lowest BCUT2D eigenvalue weighted by Gasteiger charge is -2.12. The van der Waals surface area contributed by atoms with Crippen LogP contribution in [0.3, 0.4) is 0 Å². The minimum atomic E-state index is 0.613. The van der Waals surface area contributed by atoms with Crippen molar-refractivity contribution in [2.75, 3.05) is 13.7 Å². The van der Waals surface area contributed by atoms with E-state index in [1.165, 1.54) is 19.3 Å². The van der Waals surface area contributed by atoms with Gasteiger partial charge >= 0.3 is 5.52 Å². The van der Waals surface area contributed by atoms with E-state index in [9.17, 15) is 0 Å². The summed E-state index contributed by atoms with van der Waals surface area (Å²) in [5.41, 5.74) is 0.993. The van der Waals surface area contributed by atoms with E-state index in [1.54, 1.807) is 7.11 Å². The van der Waals surface area contributed by atoms with Gasteiger partial charge in [-0.05, 0) is 37.0 Å². The number of para-hydroxylation sites is 1. The van der Waals surface area contributed by atoms with Gasteiger partial charge in [0.2, 0.25) is 6.20 Å². The van der Waals surface area contributed by atoms with E-state index in [2.05, 4.69) is 26.0 Å². The van der Waals surface area contributed by atoms with Crippen LogP contribution in [0.2, 0.25) is 0 Å². The maximum Gasteiger partial charge on any atom is 0.306 e. The fourth-order valence-corrected chi connectivity index (χ4v) is 2.57. The van der Waals surface area contributed by atoms with Crippen molar-refractivity contribution in [3.05, 3.63) is 36.5 Å². The molecule has 0 aliphatic heterocycles. The Hall–Kier alpha value is -1.77. The van der Waals surface area contributed by atoms with Crippen LogP contribution in [0.25, 0.3) is 10.9 Å². The molecule has 0 saturated carbocycles. The SMILES string of the molecule is CCCCC(CC)CO[n+]1cccc2cccc(OC)c21. The lowest BCUT2D eigenvalue weighted by Crippen LogP contribution is -2.45. The molecule has 0 amide bonds. The zero-order valence-corrected chi connectivity index (χ0v) is 13.3. The number of benzene rings is 1. The molecule has 1 aromatic heterocycles. The lowest BCUT2D eigenvalue weighted by molar-refractivity contribution is -0.872. The Morgan fingerprint density at radius 2 is 1.95 bits per heavy atom. The number of unbranched alkanes of at least 4 members (excludes halogenated alkanes) is 1. The van der Waals surface area contributed by atoms with E-state index in [1.807, 2.05) is 29.1 Å². The Morgan fingerprint density at radius 3 is 2.67 bits per heavy atom. The fourth-order valence-electron chi connectivity index (χ4n) is 2.57. The highest BCUT2D eigenvalue weighted by Crippen LogP contribution is 2.21. The molecule has 0 bridgehead atoms. The molecule has 1 heterocycles. The molecule has 0 radical (unpaired) electrons. The van der Waals surface area contributed by atoms with E-state index in [0.29, 0.717) is 5.92 Å². The average Bonchev–Trinajstić information content (AvgIpc) is 2.54. The number of rotatable bonds is 8. The maximum atomic E-state index is 6.05. The van der Waals surface area contributed by atoms with Gasteiger partial charge in [-0.2, -0.15) is 0 Å². The number of aromatic nitrogens is 1. The fraction of sp³-hybridized carbons (Fsp3) is 0.500. The predicted molar refractivity (Wildman–Crippen MR) is 85.4 cm³/mol. The van der Waals surface area contributed by atoms with Gasteiger partial charge in [-0.3, -0.25) is 4.84 Å². The van der Waals surface area contributed by atoms with Gasteiger partial charge in [0, 0.05) is 10.8 Å². The summed E-state index contributed by atoms with van der Waals surface area (Å²) in [5, 5.41) is 1.12. The Bertz CT molecular complexity index is 563. The Balaban J connectivity index is 2.18. The maximum absolute atomic E-state index is 6.05. The van der Waals surface area contributed by atoms with Gasteiger partial charge in [0.1, 0.15) is 0 Å². The first kappa shape index (κ1) is 15.6. The van der Waals surface area contributed by atoms with Gasteiger partial charge < -0.3 is 4.74 Å². The quantitative estimate of drug-likeness (QED) is 0.690. The molecule has 2 aromatic rings. The standard InChI is InChI=1S/C18H26NO2/c1-4-6-9-15(5-2)14-21-19-13-8-11-16-10-7-12-17(20-3)18(16)19/h7-8,10-13,15H,4-6,9,14H2,1-3H3/q+1. The van der Waals surface area contributed by atoms with Gasteiger partial charge in [-0.15, -0.1) is 0 Å². The van der Waals surface area contributed by atoms with Crippen molar-refractivity contribution in [1.82, 2.24) is 0 Å². The lowest BCUT2D eigenvalue weighted by atomic mass is 10.0. The van der Waals surface area contributed by atoms with Crippen LogP contribution in [0.5, 0.6) is 5.75 Å². The first-order valence-corrected chi connectivity index (χ1v) is 7.90. The summed E-state index contributed by atoms with van der Waals surface area (Å²) in [7, 11) is 1.70. The summed E-state index contributed by atoms with van der Waals surface area (Å²) >= 11 is 0. The van der Waals surface area contributed by atoms with Crippen molar-refractivity contribution in [3.8, 4) is 5.75 Å². The summed E-state index contributed by atoms with van der Waals surface area (Å²) < 4.78 is 7.32. The van der Waals surface area contributed by atoms with Crippen LogP contribution in [0.4, 0.5) is 0 Å². The largest absolute Gasteiger partial charge is 0.490 e. The Morgan fingerprint density at radius 1 is 1.14 bits per heavy atom. The molecule has 0 saturated heterocycles.